The number of nitrogens with one attached hydrogen (secondary N) is 2. The minimum atomic E-state index is 0. The van der Waals surface area contributed by atoms with Gasteiger partial charge in [0.25, 0.3) is 0 Å². The van der Waals surface area contributed by atoms with Crippen LogP contribution in [-0.4, -0.2) is 57.0 Å². The van der Waals surface area contributed by atoms with Gasteiger partial charge < -0.3 is 20.1 Å². The Kier molecular flexibility index (Phi) is 16.7. The van der Waals surface area contributed by atoms with E-state index >= 15 is 0 Å². The van der Waals surface area contributed by atoms with Crippen LogP contribution in [0.2, 0.25) is 0 Å². The zero-order valence-corrected chi connectivity index (χ0v) is 18.8. The number of aryl methyl sites for hydroxylation is 1. The molecule has 0 saturated heterocycles. The van der Waals surface area contributed by atoms with Crippen molar-refractivity contribution < 1.29 is 9.47 Å². The molecule has 25 heavy (non-hydrogen) atoms. The first kappa shape index (κ1) is 24.6. The fraction of sp³-hybridized carbons (Fsp3) is 0.765. The number of ether oxygens (including phenoxy) is 2. The van der Waals surface area contributed by atoms with Crippen LogP contribution in [0.25, 0.3) is 0 Å². The highest BCUT2D eigenvalue weighted by atomic mass is 127. The van der Waals surface area contributed by atoms with Gasteiger partial charge in [-0.25, -0.2) is 4.98 Å². The Bertz CT molecular complexity index is 458. The van der Waals surface area contributed by atoms with Gasteiger partial charge in [0.15, 0.2) is 5.96 Å². The summed E-state index contributed by atoms with van der Waals surface area (Å²) < 4.78 is 11.0. The molecule has 0 saturated carbocycles. The highest BCUT2D eigenvalue weighted by molar-refractivity contribution is 14.0. The molecule has 0 fully saturated rings. The van der Waals surface area contributed by atoms with Crippen LogP contribution in [0.15, 0.2) is 10.4 Å². The predicted molar refractivity (Wildman–Crippen MR) is 116 cm³/mol. The van der Waals surface area contributed by atoms with Gasteiger partial charge in [-0.15, -0.1) is 35.3 Å². The predicted octanol–water partition coefficient (Wildman–Crippen LogP) is 3.00. The minimum Gasteiger partial charge on any atom is -0.379 e. The molecular formula is C17H33IN4O2S. The maximum atomic E-state index is 5.52. The van der Waals surface area contributed by atoms with Crippen molar-refractivity contribution in [3.05, 3.63) is 16.1 Å². The average Bonchev–Trinajstić information content (AvgIpc) is 2.98. The summed E-state index contributed by atoms with van der Waals surface area (Å²) in [4.78, 5) is 8.97. The summed E-state index contributed by atoms with van der Waals surface area (Å²) in [5, 5.41) is 9.79. The smallest absolute Gasteiger partial charge is 0.191 e. The zero-order chi connectivity index (χ0) is 17.5. The van der Waals surface area contributed by atoms with Gasteiger partial charge in [-0.1, -0.05) is 13.3 Å². The van der Waals surface area contributed by atoms with E-state index < -0.39 is 0 Å². The number of thiazole rings is 1. The van der Waals surface area contributed by atoms with Gasteiger partial charge in [-0.3, -0.25) is 4.99 Å². The van der Waals surface area contributed by atoms with E-state index in [1.807, 2.05) is 6.92 Å². The van der Waals surface area contributed by atoms with Crippen LogP contribution in [0.1, 0.15) is 37.4 Å². The quantitative estimate of drug-likeness (QED) is 0.195. The Balaban J connectivity index is 0.00000576. The van der Waals surface area contributed by atoms with Crippen molar-refractivity contribution in [1.82, 2.24) is 15.6 Å². The third kappa shape index (κ3) is 13.4. The van der Waals surface area contributed by atoms with Gasteiger partial charge in [0, 0.05) is 31.5 Å². The molecule has 1 heterocycles. The first-order chi connectivity index (χ1) is 11.8. The van der Waals surface area contributed by atoms with Crippen molar-refractivity contribution >= 4 is 41.3 Å². The van der Waals surface area contributed by atoms with E-state index in [9.17, 15) is 0 Å². The van der Waals surface area contributed by atoms with Gasteiger partial charge in [0.05, 0.1) is 37.1 Å². The second-order valence-electron chi connectivity index (χ2n) is 5.37. The molecule has 6 nitrogen and oxygen atoms in total. The monoisotopic (exact) mass is 484 g/mol. The summed E-state index contributed by atoms with van der Waals surface area (Å²) in [5.41, 5.74) is 1.13. The maximum Gasteiger partial charge on any atom is 0.191 e. The Morgan fingerprint density at radius 1 is 1.16 bits per heavy atom. The Labute approximate surface area is 173 Å². The van der Waals surface area contributed by atoms with Gasteiger partial charge >= 0.3 is 0 Å². The summed E-state index contributed by atoms with van der Waals surface area (Å²) in [6.45, 7) is 11.3. The van der Waals surface area contributed by atoms with E-state index in [1.165, 1.54) is 0 Å². The number of nitrogens with zero attached hydrogens (tertiary/aromatic N) is 2. The Hall–Kier alpha value is -0.450. The van der Waals surface area contributed by atoms with E-state index in [2.05, 4.69) is 39.8 Å². The summed E-state index contributed by atoms with van der Waals surface area (Å²) in [6.07, 6.45) is 3.18. The molecular weight excluding hydrogens is 451 g/mol. The number of rotatable bonds is 13. The Morgan fingerprint density at radius 3 is 2.56 bits per heavy atom. The van der Waals surface area contributed by atoms with E-state index in [1.54, 1.807) is 11.3 Å². The van der Waals surface area contributed by atoms with Gasteiger partial charge in [0.2, 0.25) is 0 Å². The van der Waals surface area contributed by atoms with Gasteiger partial charge in [-0.2, -0.15) is 0 Å². The molecule has 0 amide bonds. The van der Waals surface area contributed by atoms with Crippen LogP contribution in [0.5, 0.6) is 0 Å². The van der Waals surface area contributed by atoms with Crippen molar-refractivity contribution in [2.75, 3.05) is 46.1 Å². The molecule has 0 unspecified atom stereocenters. The number of aliphatic imine (C=N–C) groups is 1. The third-order valence-corrected chi connectivity index (χ3v) is 4.03. The standard InChI is InChI=1S/C17H32N4O2S.HI/c1-4-6-10-22-12-13-23-11-9-20-17(18-5-2)19-8-7-16-14-24-15(3)21-16;/h14H,4-13H2,1-3H3,(H2,18,19,20);1H. The number of halogens is 1. The van der Waals surface area contributed by atoms with E-state index in [4.69, 9.17) is 9.47 Å². The van der Waals surface area contributed by atoms with Crippen LogP contribution in [0, 0.1) is 6.92 Å². The maximum absolute atomic E-state index is 5.52. The molecule has 0 atom stereocenters. The minimum absolute atomic E-state index is 0. The molecule has 8 heteroatoms. The van der Waals surface area contributed by atoms with Crippen molar-refractivity contribution in [2.45, 2.75) is 40.0 Å². The summed E-state index contributed by atoms with van der Waals surface area (Å²) in [7, 11) is 0. The number of hydrogen-bond acceptors (Lipinski definition) is 5. The molecule has 0 spiro atoms. The van der Waals surface area contributed by atoms with Gasteiger partial charge in [0.1, 0.15) is 0 Å². The van der Waals surface area contributed by atoms with E-state index in [-0.39, 0.29) is 24.0 Å². The molecule has 1 aromatic heterocycles. The average molecular weight is 484 g/mol. The highest BCUT2D eigenvalue weighted by Gasteiger charge is 2.00. The van der Waals surface area contributed by atoms with Crippen LogP contribution >= 0.6 is 35.3 Å². The Morgan fingerprint density at radius 2 is 1.92 bits per heavy atom. The van der Waals surface area contributed by atoms with E-state index in [0.717, 1.165) is 55.6 Å². The van der Waals surface area contributed by atoms with Crippen LogP contribution in [0.4, 0.5) is 0 Å². The zero-order valence-electron chi connectivity index (χ0n) is 15.7. The van der Waals surface area contributed by atoms with Gasteiger partial charge in [-0.05, 0) is 20.3 Å². The van der Waals surface area contributed by atoms with Crippen molar-refractivity contribution in [3.8, 4) is 0 Å². The highest BCUT2D eigenvalue weighted by Crippen LogP contribution is 2.07. The van der Waals surface area contributed by atoms with Crippen molar-refractivity contribution in [1.29, 1.82) is 0 Å². The fourth-order valence-corrected chi connectivity index (χ4v) is 2.61. The molecule has 0 aliphatic rings. The molecule has 0 bridgehead atoms. The SMILES string of the molecule is CCCCOCCOCCN=C(NCC)NCCc1csc(C)n1.I. The van der Waals surface area contributed by atoms with Crippen LogP contribution < -0.4 is 10.6 Å². The molecule has 1 aromatic rings. The lowest BCUT2D eigenvalue weighted by Crippen LogP contribution is -2.38. The molecule has 1 rings (SSSR count). The first-order valence-electron chi connectivity index (χ1n) is 8.85. The number of unbranched alkanes of at least 4 members (excludes halogenated alkanes) is 1. The molecule has 2 N–H and O–H groups in total. The van der Waals surface area contributed by atoms with Crippen LogP contribution in [-0.2, 0) is 15.9 Å². The second kappa shape index (κ2) is 17.0. The van der Waals surface area contributed by atoms with Crippen LogP contribution in [0.3, 0.4) is 0 Å². The molecule has 146 valence electrons. The number of aromatic nitrogens is 1. The largest absolute Gasteiger partial charge is 0.379 e. The molecule has 0 radical (unpaired) electrons. The summed E-state index contributed by atoms with van der Waals surface area (Å²) in [6, 6.07) is 0. The third-order valence-electron chi connectivity index (χ3n) is 3.20. The number of hydrogen-bond donors (Lipinski definition) is 2. The topological polar surface area (TPSA) is 67.8 Å². The lowest BCUT2D eigenvalue weighted by Gasteiger charge is -2.10. The normalized spacial score (nSPS) is 11.2. The molecule has 0 aromatic carbocycles. The molecule has 0 aliphatic heterocycles. The molecule has 0 aliphatic carbocycles. The van der Waals surface area contributed by atoms with Crippen molar-refractivity contribution in [3.63, 3.8) is 0 Å². The first-order valence-corrected chi connectivity index (χ1v) is 9.72. The van der Waals surface area contributed by atoms with Crippen molar-refractivity contribution in [2.24, 2.45) is 4.99 Å². The summed E-state index contributed by atoms with van der Waals surface area (Å²) in [5.74, 6) is 0.826. The fourth-order valence-electron chi connectivity index (χ4n) is 1.96. The lowest BCUT2D eigenvalue weighted by atomic mass is 10.3. The lowest BCUT2D eigenvalue weighted by molar-refractivity contribution is 0.0497. The van der Waals surface area contributed by atoms with E-state index in [0.29, 0.717) is 26.4 Å². The number of guanidine groups is 1. The second-order valence-corrected chi connectivity index (χ2v) is 6.44. The summed E-state index contributed by atoms with van der Waals surface area (Å²) >= 11 is 1.69.